The molecule has 0 atom stereocenters. The fourth-order valence-corrected chi connectivity index (χ4v) is 2.08. The fourth-order valence-electron chi connectivity index (χ4n) is 2.08. The van der Waals surface area contributed by atoms with Crippen LogP contribution in [0, 0.1) is 0 Å². The fraction of sp³-hybridized carbons (Fsp3) is 0.727. The van der Waals surface area contributed by atoms with Gasteiger partial charge in [-0.3, -0.25) is 4.79 Å². The lowest BCUT2D eigenvalue weighted by molar-refractivity contribution is -0.116. The summed E-state index contributed by atoms with van der Waals surface area (Å²) in [5, 5.41) is 3.82. The molecule has 0 amide bonds. The molecular formula is C11H16N2O2. The molecule has 0 unspecified atom stereocenters. The van der Waals surface area contributed by atoms with E-state index in [0.717, 1.165) is 18.7 Å². The Morgan fingerprint density at radius 3 is 2.80 bits per heavy atom. The second kappa shape index (κ2) is 4.55. The van der Waals surface area contributed by atoms with Crippen LogP contribution in [0.5, 0.6) is 0 Å². The molecule has 1 saturated carbocycles. The van der Waals surface area contributed by atoms with Crippen LogP contribution in [0.15, 0.2) is 4.52 Å². The molecule has 0 aliphatic heterocycles. The van der Waals surface area contributed by atoms with E-state index in [0.29, 0.717) is 11.7 Å². The van der Waals surface area contributed by atoms with E-state index in [4.69, 9.17) is 4.52 Å². The Labute approximate surface area is 89.1 Å². The molecule has 82 valence electrons. The standard InChI is InChI=1S/C11H16N2O2/c1-8(14)7-10-12-11(15-13-10)9-5-3-2-4-6-9/h9H,2-7H2,1H3. The molecular weight excluding hydrogens is 192 g/mol. The first-order chi connectivity index (χ1) is 7.25. The van der Waals surface area contributed by atoms with E-state index < -0.39 is 0 Å². The van der Waals surface area contributed by atoms with Gasteiger partial charge in [-0.2, -0.15) is 4.98 Å². The van der Waals surface area contributed by atoms with Gasteiger partial charge in [0.05, 0.1) is 6.42 Å². The molecule has 15 heavy (non-hydrogen) atoms. The van der Waals surface area contributed by atoms with Gasteiger partial charge in [0.2, 0.25) is 5.89 Å². The Hall–Kier alpha value is -1.19. The van der Waals surface area contributed by atoms with Crippen molar-refractivity contribution in [3.8, 4) is 0 Å². The summed E-state index contributed by atoms with van der Waals surface area (Å²) < 4.78 is 5.19. The van der Waals surface area contributed by atoms with Crippen molar-refractivity contribution in [1.82, 2.24) is 10.1 Å². The summed E-state index contributed by atoms with van der Waals surface area (Å²) in [5.74, 6) is 1.76. The van der Waals surface area contributed by atoms with Gasteiger partial charge in [-0.15, -0.1) is 0 Å². The van der Waals surface area contributed by atoms with Crippen LogP contribution in [-0.4, -0.2) is 15.9 Å². The SMILES string of the molecule is CC(=O)Cc1noc(C2CCCCC2)n1. The van der Waals surface area contributed by atoms with E-state index in [1.54, 1.807) is 0 Å². The summed E-state index contributed by atoms with van der Waals surface area (Å²) in [6.45, 7) is 1.54. The zero-order valence-electron chi connectivity index (χ0n) is 9.03. The summed E-state index contributed by atoms with van der Waals surface area (Å²) in [4.78, 5) is 15.2. The molecule has 1 aromatic rings. The van der Waals surface area contributed by atoms with Gasteiger partial charge in [-0.1, -0.05) is 24.4 Å². The second-order valence-corrected chi connectivity index (χ2v) is 4.26. The largest absolute Gasteiger partial charge is 0.339 e. The highest BCUT2D eigenvalue weighted by molar-refractivity contribution is 5.77. The highest BCUT2D eigenvalue weighted by Gasteiger charge is 2.21. The van der Waals surface area contributed by atoms with Crippen molar-refractivity contribution in [2.75, 3.05) is 0 Å². The van der Waals surface area contributed by atoms with E-state index in [1.165, 1.54) is 26.2 Å². The summed E-state index contributed by atoms with van der Waals surface area (Å²) in [6.07, 6.45) is 6.37. The number of hydrogen-bond acceptors (Lipinski definition) is 4. The third-order valence-corrected chi connectivity index (χ3v) is 2.85. The van der Waals surface area contributed by atoms with Crippen LogP contribution in [0.25, 0.3) is 0 Å². The maximum absolute atomic E-state index is 10.9. The average Bonchev–Trinajstić information content (AvgIpc) is 2.67. The molecule has 0 radical (unpaired) electrons. The van der Waals surface area contributed by atoms with Crippen LogP contribution >= 0.6 is 0 Å². The van der Waals surface area contributed by atoms with Crippen LogP contribution < -0.4 is 0 Å². The number of nitrogens with zero attached hydrogens (tertiary/aromatic N) is 2. The second-order valence-electron chi connectivity index (χ2n) is 4.26. The van der Waals surface area contributed by atoms with Crippen molar-refractivity contribution in [1.29, 1.82) is 0 Å². The third-order valence-electron chi connectivity index (χ3n) is 2.85. The van der Waals surface area contributed by atoms with E-state index in [2.05, 4.69) is 10.1 Å². The molecule has 1 aliphatic carbocycles. The molecule has 4 nitrogen and oxygen atoms in total. The summed E-state index contributed by atoms with van der Waals surface area (Å²) in [5.41, 5.74) is 0. The number of carbonyl (C=O) groups is 1. The maximum atomic E-state index is 10.9. The average molecular weight is 208 g/mol. The molecule has 1 aromatic heterocycles. The maximum Gasteiger partial charge on any atom is 0.229 e. The lowest BCUT2D eigenvalue weighted by Gasteiger charge is -2.17. The van der Waals surface area contributed by atoms with Gasteiger partial charge in [0.15, 0.2) is 5.82 Å². The third kappa shape index (κ3) is 2.64. The summed E-state index contributed by atoms with van der Waals surface area (Å²) >= 11 is 0. The Kier molecular flexibility index (Phi) is 3.14. The first-order valence-electron chi connectivity index (χ1n) is 5.57. The quantitative estimate of drug-likeness (QED) is 0.764. The zero-order chi connectivity index (χ0) is 10.7. The smallest absolute Gasteiger partial charge is 0.229 e. The van der Waals surface area contributed by atoms with Crippen LogP contribution in [0.3, 0.4) is 0 Å². The predicted molar refractivity (Wildman–Crippen MR) is 54.5 cm³/mol. The lowest BCUT2D eigenvalue weighted by atomic mass is 9.89. The van der Waals surface area contributed by atoms with Gasteiger partial charge >= 0.3 is 0 Å². The van der Waals surface area contributed by atoms with E-state index in [-0.39, 0.29) is 12.2 Å². The number of carbonyl (C=O) groups excluding carboxylic acids is 1. The summed E-state index contributed by atoms with van der Waals surface area (Å²) in [7, 11) is 0. The van der Waals surface area contributed by atoms with Gasteiger partial charge in [0.25, 0.3) is 0 Å². The van der Waals surface area contributed by atoms with E-state index in [9.17, 15) is 4.79 Å². The van der Waals surface area contributed by atoms with Gasteiger partial charge in [-0.05, 0) is 19.8 Å². The van der Waals surface area contributed by atoms with E-state index in [1.807, 2.05) is 0 Å². The number of hydrogen-bond donors (Lipinski definition) is 0. The van der Waals surface area contributed by atoms with Crippen molar-refractivity contribution < 1.29 is 9.32 Å². The van der Waals surface area contributed by atoms with Crippen LogP contribution in [0.4, 0.5) is 0 Å². The monoisotopic (exact) mass is 208 g/mol. The Bertz CT molecular complexity index is 340. The van der Waals surface area contributed by atoms with Gasteiger partial charge in [0, 0.05) is 5.92 Å². The molecule has 0 saturated heterocycles. The van der Waals surface area contributed by atoms with E-state index >= 15 is 0 Å². The highest BCUT2D eigenvalue weighted by atomic mass is 16.5. The minimum absolute atomic E-state index is 0.0750. The lowest BCUT2D eigenvalue weighted by Crippen LogP contribution is -2.05. The Morgan fingerprint density at radius 1 is 1.40 bits per heavy atom. The van der Waals surface area contributed by atoms with Crippen LogP contribution in [0.2, 0.25) is 0 Å². The number of aromatic nitrogens is 2. The van der Waals surface area contributed by atoms with Crippen molar-refractivity contribution in [2.24, 2.45) is 0 Å². The molecule has 0 aromatic carbocycles. The number of ketones is 1. The van der Waals surface area contributed by atoms with Gasteiger partial charge in [-0.25, -0.2) is 0 Å². The zero-order valence-corrected chi connectivity index (χ0v) is 9.03. The highest BCUT2D eigenvalue weighted by Crippen LogP contribution is 2.31. The molecule has 4 heteroatoms. The summed E-state index contributed by atoms with van der Waals surface area (Å²) in [6, 6.07) is 0. The van der Waals surface area contributed by atoms with Crippen molar-refractivity contribution in [3.63, 3.8) is 0 Å². The molecule has 0 spiro atoms. The number of rotatable bonds is 3. The first kappa shape index (κ1) is 10.3. The van der Waals surface area contributed by atoms with Gasteiger partial charge < -0.3 is 4.52 Å². The topological polar surface area (TPSA) is 56.0 Å². The molecule has 1 aliphatic rings. The molecule has 0 bridgehead atoms. The molecule has 0 N–H and O–H groups in total. The predicted octanol–water partition coefficient (Wildman–Crippen LogP) is 2.25. The van der Waals surface area contributed by atoms with Gasteiger partial charge in [0.1, 0.15) is 5.78 Å². The molecule has 1 heterocycles. The van der Waals surface area contributed by atoms with Crippen molar-refractivity contribution in [2.45, 2.75) is 51.4 Å². The van der Waals surface area contributed by atoms with Crippen LogP contribution in [0.1, 0.15) is 56.7 Å². The van der Waals surface area contributed by atoms with Crippen molar-refractivity contribution in [3.05, 3.63) is 11.7 Å². The van der Waals surface area contributed by atoms with Crippen molar-refractivity contribution >= 4 is 5.78 Å². The van der Waals surface area contributed by atoms with Crippen LogP contribution in [-0.2, 0) is 11.2 Å². The minimum atomic E-state index is 0.0750. The minimum Gasteiger partial charge on any atom is -0.339 e. The normalized spacial score (nSPS) is 17.9. The Balaban J connectivity index is 2.02. The molecule has 2 rings (SSSR count). The first-order valence-corrected chi connectivity index (χ1v) is 5.57. The number of Topliss-reactive ketones (excluding diaryl/α,β-unsaturated/α-hetero) is 1. The molecule has 1 fully saturated rings. The Morgan fingerprint density at radius 2 is 2.13 bits per heavy atom.